The van der Waals surface area contributed by atoms with Gasteiger partial charge in [0.25, 0.3) is 5.78 Å². The van der Waals surface area contributed by atoms with Gasteiger partial charge in [-0.2, -0.15) is 0 Å². The van der Waals surface area contributed by atoms with E-state index in [1.54, 1.807) is 29.9 Å². The van der Waals surface area contributed by atoms with Crippen molar-refractivity contribution in [3.8, 4) is 0 Å². The normalized spacial score (nSPS) is 10.8. The van der Waals surface area contributed by atoms with Gasteiger partial charge in [-0.25, -0.2) is 19.6 Å². The first-order chi connectivity index (χ1) is 12.1. The molecule has 2 aromatic rings. The first kappa shape index (κ1) is 18.1. The summed E-state index contributed by atoms with van der Waals surface area (Å²) in [6.45, 7) is 2.12. The van der Waals surface area contributed by atoms with Crippen LogP contribution >= 0.6 is 0 Å². The molecule has 0 amide bonds. The third-order valence-electron chi connectivity index (χ3n) is 2.91. The van der Waals surface area contributed by atoms with Crippen LogP contribution in [0.3, 0.4) is 0 Å². The second kappa shape index (κ2) is 9.16. The average Bonchev–Trinajstić information content (AvgIpc) is 3.08. The Bertz CT molecular complexity index is 783. The molecule has 0 saturated heterocycles. The zero-order valence-electron chi connectivity index (χ0n) is 13.6. The molecule has 9 nitrogen and oxygen atoms in total. The lowest BCUT2D eigenvalue weighted by molar-refractivity contribution is -0.152. The zero-order chi connectivity index (χ0) is 18.1. The summed E-state index contributed by atoms with van der Waals surface area (Å²) in [7, 11) is 0. The standard InChI is InChI=1S/C16H17N3O6/c1-2-23-11-5-13(20)15(22)25-10-3-9-24-14(21)12-4-7-19-8-6-17-16(19)18-12/h4-8,11H,2-3,9-10H2,1H3/b11-5+. The minimum Gasteiger partial charge on any atom is -0.501 e. The third-order valence-corrected chi connectivity index (χ3v) is 2.91. The van der Waals surface area contributed by atoms with E-state index in [2.05, 4.69) is 9.97 Å². The van der Waals surface area contributed by atoms with Gasteiger partial charge in [-0.1, -0.05) is 0 Å². The van der Waals surface area contributed by atoms with Gasteiger partial charge in [0.1, 0.15) is 0 Å². The van der Waals surface area contributed by atoms with E-state index in [0.29, 0.717) is 12.4 Å². The molecule has 2 rings (SSSR count). The summed E-state index contributed by atoms with van der Waals surface area (Å²) in [6, 6.07) is 1.51. The molecule has 0 atom stereocenters. The Labute approximate surface area is 143 Å². The van der Waals surface area contributed by atoms with Gasteiger partial charge in [-0.3, -0.25) is 9.20 Å². The van der Waals surface area contributed by atoms with Gasteiger partial charge in [-0.05, 0) is 13.0 Å². The lowest BCUT2D eigenvalue weighted by Gasteiger charge is -2.05. The fraction of sp³-hybridized carbons (Fsp3) is 0.312. The van der Waals surface area contributed by atoms with Crippen molar-refractivity contribution < 1.29 is 28.6 Å². The summed E-state index contributed by atoms with van der Waals surface area (Å²) < 4.78 is 16.2. The van der Waals surface area contributed by atoms with Gasteiger partial charge in [0.2, 0.25) is 5.78 Å². The highest BCUT2D eigenvalue weighted by Gasteiger charge is 2.13. The first-order valence-corrected chi connectivity index (χ1v) is 7.58. The number of imidazole rings is 1. The molecular weight excluding hydrogens is 330 g/mol. The maximum atomic E-state index is 11.9. The molecule has 2 heterocycles. The Balaban J connectivity index is 1.67. The van der Waals surface area contributed by atoms with E-state index < -0.39 is 17.7 Å². The number of aromatic nitrogens is 3. The maximum Gasteiger partial charge on any atom is 0.379 e. The van der Waals surface area contributed by atoms with E-state index in [1.807, 2.05) is 0 Å². The lowest BCUT2D eigenvalue weighted by Crippen LogP contribution is -2.17. The second-order valence-electron chi connectivity index (χ2n) is 4.70. The predicted octanol–water partition coefficient (Wildman–Crippen LogP) is 0.939. The van der Waals surface area contributed by atoms with Crippen LogP contribution in [0.25, 0.3) is 5.78 Å². The van der Waals surface area contributed by atoms with Crippen LogP contribution in [-0.4, -0.2) is 51.9 Å². The summed E-state index contributed by atoms with van der Waals surface area (Å²) in [4.78, 5) is 42.5. The highest BCUT2D eigenvalue weighted by Crippen LogP contribution is 2.02. The molecule has 0 unspecified atom stereocenters. The summed E-state index contributed by atoms with van der Waals surface area (Å²) in [5, 5.41) is 0. The molecule has 9 heteroatoms. The molecule has 0 aliphatic rings. The van der Waals surface area contributed by atoms with Gasteiger partial charge >= 0.3 is 11.9 Å². The van der Waals surface area contributed by atoms with Crippen LogP contribution in [0.4, 0.5) is 0 Å². The molecule has 0 N–H and O–H groups in total. The Morgan fingerprint density at radius 1 is 1.20 bits per heavy atom. The van der Waals surface area contributed by atoms with Crippen molar-refractivity contribution in [3.05, 3.63) is 42.7 Å². The number of hydrogen-bond donors (Lipinski definition) is 0. The van der Waals surface area contributed by atoms with Crippen molar-refractivity contribution >= 4 is 23.5 Å². The number of carbonyl (C=O) groups excluding carboxylic acids is 3. The summed E-state index contributed by atoms with van der Waals surface area (Å²) in [6.07, 6.45) is 7.30. The number of fused-ring (bicyclic) bond motifs is 1. The number of esters is 2. The van der Waals surface area contributed by atoms with Crippen LogP contribution in [0.1, 0.15) is 23.8 Å². The van der Waals surface area contributed by atoms with E-state index in [0.717, 1.165) is 12.3 Å². The van der Waals surface area contributed by atoms with Crippen molar-refractivity contribution in [1.82, 2.24) is 14.4 Å². The van der Waals surface area contributed by atoms with Gasteiger partial charge in [0, 0.05) is 31.1 Å². The summed E-state index contributed by atoms with van der Waals surface area (Å²) >= 11 is 0. The fourth-order valence-electron chi connectivity index (χ4n) is 1.73. The minimum atomic E-state index is -0.992. The van der Waals surface area contributed by atoms with E-state index in [1.165, 1.54) is 6.07 Å². The smallest absolute Gasteiger partial charge is 0.379 e. The minimum absolute atomic E-state index is 0.0242. The fourth-order valence-corrected chi connectivity index (χ4v) is 1.73. The van der Waals surface area contributed by atoms with Gasteiger partial charge in [-0.15, -0.1) is 0 Å². The highest BCUT2D eigenvalue weighted by atomic mass is 16.5. The van der Waals surface area contributed by atoms with Crippen LogP contribution in [0, 0.1) is 0 Å². The van der Waals surface area contributed by atoms with Crippen LogP contribution in [-0.2, 0) is 23.8 Å². The molecular formula is C16H17N3O6. The molecule has 2 aromatic heterocycles. The van der Waals surface area contributed by atoms with Crippen molar-refractivity contribution in [3.63, 3.8) is 0 Å². The quantitative estimate of drug-likeness (QED) is 0.217. The van der Waals surface area contributed by atoms with Crippen molar-refractivity contribution in [1.29, 1.82) is 0 Å². The van der Waals surface area contributed by atoms with E-state index >= 15 is 0 Å². The molecule has 0 aliphatic carbocycles. The Morgan fingerprint density at radius 3 is 2.80 bits per heavy atom. The van der Waals surface area contributed by atoms with Crippen LogP contribution < -0.4 is 0 Å². The van der Waals surface area contributed by atoms with Crippen LogP contribution in [0.2, 0.25) is 0 Å². The van der Waals surface area contributed by atoms with Crippen LogP contribution in [0.15, 0.2) is 37.0 Å². The topological polar surface area (TPSA) is 109 Å². The monoisotopic (exact) mass is 347 g/mol. The van der Waals surface area contributed by atoms with Crippen LogP contribution in [0.5, 0.6) is 0 Å². The SMILES string of the molecule is CCO/C=C/C(=O)C(=O)OCCCOC(=O)c1ccn2ccnc2n1. The van der Waals surface area contributed by atoms with Gasteiger partial charge in [0.05, 0.1) is 26.1 Å². The van der Waals surface area contributed by atoms with Gasteiger partial charge in [0.15, 0.2) is 5.69 Å². The predicted molar refractivity (Wildman–Crippen MR) is 84.6 cm³/mol. The number of rotatable bonds is 9. The van der Waals surface area contributed by atoms with Crippen molar-refractivity contribution in [2.75, 3.05) is 19.8 Å². The number of nitrogens with zero attached hydrogens (tertiary/aromatic N) is 3. The number of hydrogen-bond acceptors (Lipinski definition) is 8. The molecule has 0 spiro atoms. The van der Waals surface area contributed by atoms with Gasteiger partial charge < -0.3 is 14.2 Å². The summed E-state index contributed by atoms with van der Waals surface area (Å²) in [5.41, 5.74) is 0.131. The van der Waals surface area contributed by atoms with Crippen molar-refractivity contribution in [2.24, 2.45) is 0 Å². The summed E-state index contributed by atoms with van der Waals surface area (Å²) in [5.74, 6) is -2.02. The Morgan fingerprint density at radius 2 is 2.00 bits per heavy atom. The van der Waals surface area contributed by atoms with E-state index in [-0.39, 0.29) is 25.3 Å². The largest absolute Gasteiger partial charge is 0.501 e. The second-order valence-corrected chi connectivity index (χ2v) is 4.70. The first-order valence-electron chi connectivity index (χ1n) is 7.58. The lowest BCUT2D eigenvalue weighted by atomic mass is 10.4. The maximum absolute atomic E-state index is 11.9. The molecule has 25 heavy (non-hydrogen) atoms. The Kier molecular flexibility index (Phi) is 6.64. The molecule has 0 aromatic carbocycles. The molecule has 0 radical (unpaired) electrons. The molecule has 0 aliphatic heterocycles. The zero-order valence-corrected chi connectivity index (χ0v) is 13.6. The number of ketones is 1. The molecule has 132 valence electrons. The molecule has 0 bridgehead atoms. The van der Waals surface area contributed by atoms with E-state index in [9.17, 15) is 14.4 Å². The number of carbonyl (C=O) groups is 3. The Hall–Kier alpha value is -3.23. The number of ether oxygens (including phenoxy) is 3. The van der Waals surface area contributed by atoms with E-state index in [4.69, 9.17) is 14.2 Å². The van der Waals surface area contributed by atoms with Crippen molar-refractivity contribution in [2.45, 2.75) is 13.3 Å². The highest BCUT2D eigenvalue weighted by molar-refractivity contribution is 6.38. The molecule has 0 saturated carbocycles. The average molecular weight is 347 g/mol. The third kappa shape index (κ3) is 5.41. The molecule has 0 fully saturated rings.